The summed E-state index contributed by atoms with van der Waals surface area (Å²) < 4.78 is 0. The van der Waals surface area contributed by atoms with Gasteiger partial charge in [0.2, 0.25) is 0 Å². The fourth-order valence-electron chi connectivity index (χ4n) is 4.41. The van der Waals surface area contributed by atoms with Gasteiger partial charge in [0.15, 0.2) is 6.54 Å². The van der Waals surface area contributed by atoms with Crippen LogP contribution < -0.4 is 20.0 Å². The standard InChI is InChI=1S/C24H32N4O/c29-24(20-26-16-18-28(19-17-26)22-8-4-3-5-9-22)25-21-10-12-23(13-11-21)27-14-6-1-2-7-15-27/h3-5,8-13H,1-2,6-7,14-20H2,(H,25,29)/p+1. The summed E-state index contributed by atoms with van der Waals surface area (Å²) in [5, 5.41) is 3.08. The molecule has 0 spiro atoms. The number of piperazine rings is 1. The summed E-state index contributed by atoms with van der Waals surface area (Å²) in [6, 6.07) is 18.9. The molecule has 0 radical (unpaired) electrons. The maximum atomic E-state index is 12.5. The maximum absolute atomic E-state index is 12.5. The van der Waals surface area contributed by atoms with E-state index in [2.05, 4.69) is 57.6 Å². The Hall–Kier alpha value is -2.53. The van der Waals surface area contributed by atoms with E-state index in [4.69, 9.17) is 0 Å². The lowest BCUT2D eigenvalue weighted by Gasteiger charge is -2.33. The van der Waals surface area contributed by atoms with Crippen LogP contribution in [-0.4, -0.2) is 51.7 Å². The number of carbonyl (C=O) groups is 1. The van der Waals surface area contributed by atoms with Crippen LogP contribution >= 0.6 is 0 Å². The first-order chi connectivity index (χ1) is 14.3. The fourth-order valence-corrected chi connectivity index (χ4v) is 4.41. The number of anilines is 3. The van der Waals surface area contributed by atoms with Gasteiger partial charge >= 0.3 is 0 Å². The van der Waals surface area contributed by atoms with Crippen LogP contribution in [0.2, 0.25) is 0 Å². The molecule has 2 aromatic rings. The van der Waals surface area contributed by atoms with Gasteiger partial charge in [0.25, 0.3) is 5.91 Å². The zero-order chi connectivity index (χ0) is 19.9. The fraction of sp³-hybridized carbons (Fsp3) is 0.458. The van der Waals surface area contributed by atoms with Gasteiger partial charge in [0.1, 0.15) is 0 Å². The van der Waals surface area contributed by atoms with Gasteiger partial charge in [-0.1, -0.05) is 31.0 Å². The van der Waals surface area contributed by atoms with Crippen molar-refractivity contribution in [2.45, 2.75) is 25.7 Å². The van der Waals surface area contributed by atoms with Crippen molar-refractivity contribution in [2.24, 2.45) is 0 Å². The largest absolute Gasteiger partial charge is 0.372 e. The third-order valence-corrected chi connectivity index (χ3v) is 6.12. The third-order valence-electron chi connectivity index (χ3n) is 6.12. The predicted octanol–water partition coefficient (Wildman–Crippen LogP) is 2.41. The van der Waals surface area contributed by atoms with Gasteiger partial charge in [-0.25, -0.2) is 0 Å². The number of benzene rings is 2. The molecule has 0 aromatic heterocycles. The average molecular weight is 394 g/mol. The Bertz CT molecular complexity index is 761. The summed E-state index contributed by atoms with van der Waals surface area (Å²) in [6.45, 7) is 6.81. The minimum atomic E-state index is 0.107. The molecule has 0 unspecified atom stereocenters. The number of para-hydroxylation sites is 1. The zero-order valence-corrected chi connectivity index (χ0v) is 17.3. The molecule has 2 aromatic carbocycles. The SMILES string of the molecule is O=C(C[NH+]1CCN(c2ccccc2)CC1)Nc1ccc(N2CCCCCC2)cc1. The van der Waals surface area contributed by atoms with Crippen molar-refractivity contribution < 1.29 is 9.69 Å². The van der Waals surface area contributed by atoms with Gasteiger partial charge in [-0.3, -0.25) is 4.79 Å². The van der Waals surface area contributed by atoms with Crippen LogP contribution in [0.5, 0.6) is 0 Å². The van der Waals surface area contributed by atoms with Gasteiger partial charge < -0.3 is 20.0 Å². The molecule has 2 saturated heterocycles. The molecule has 2 fully saturated rings. The molecule has 1 amide bonds. The number of carbonyl (C=O) groups excluding carboxylic acids is 1. The summed E-state index contributed by atoms with van der Waals surface area (Å²) in [5.74, 6) is 0.107. The highest BCUT2D eigenvalue weighted by molar-refractivity contribution is 5.91. The normalized spacial score (nSPS) is 18.3. The summed E-state index contributed by atoms with van der Waals surface area (Å²) in [5.41, 5.74) is 3.45. The van der Waals surface area contributed by atoms with Gasteiger partial charge in [-0.05, 0) is 49.2 Å². The molecular formula is C24H33N4O+. The molecule has 0 aliphatic carbocycles. The average Bonchev–Trinajstić information content (AvgIpc) is 3.05. The van der Waals surface area contributed by atoms with E-state index < -0.39 is 0 Å². The first kappa shape index (κ1) is 19.8. The van der Waals surface area contributed by atoms with Crippen LogP contribution in [-0.2, 0) is 4.79 Å². The molecule has 2 heterocycles. The second-order valence-electron chi connectivity index (χ2n) is 8.25. The number of nitrogens with zero attached hydrogens (tertiary/aromatic N) is 2. The first-order valence-electron chi connectivity index (χ1n) is 11.1. The van der Waals surface area contributed by atoms with Gasteiger partial charge in [-0.2, -0.15) is 0 Å². The molecule has 29 heavy (non-hydrogen) atoms. The quantitative estimate of drug-likeness (QED) is 0.820. The highest BCUT2D eigenvalue weighted by Crippen LogP contribution is 2.21. The summed E-state index contributed by atoms with van der Waals surface area (Å²) in [4.78, 5) is 18.7. The molecule has 4 rings (SSSR count). The second-order valence-corrected chi connectivity index (χ2v) is 8.25. The Morgan fingerprint density at radius 3 is 2.00 bits per heavy atom. The molecule has 0 atom stereocenters. The number of amides is 1. The number of quaternary nitrogens is 1. The lowest BCUT2D eigenvalue weighted by molar-refractivity contribution is -0.892. The van der Waals surface area contributed by atoms with E-state index in [1.54, 1.807) is 0 Å². The topological polar surface area (TPSA) is 40.0 Å². The van der Waals surface area contributed by atoms with Crippen LogP contribution in [0.4, 0.5) is 17.1 Å². The van der Waals surface area contributed by atoms with E-state index in [1.807, 2.05) is 12.1 Å². The third kappa shape index (κ3) is 5.51. The summed E-state index contributed by atoms with van der Waals surface area (Å²) >= 11 is 0. The Kier molecular flexibility index (Phi) is 6.67. The van der Waals surface area contributed by atoms with Crippen LogP contribution in [0.25, 0.3) is 0 Å². The number of hydrogen-bond acceptors (Lipinski definition) is 3. The Morgan fingerprint density at radius 2 is 1.34 bits per heavy atom. The minimum Gasteiger partial charge on any atom is -0.372 e. The van der Waals surface area contributed by atoms with E-state index in [-0.39, 0.29) is 5.91 Å². The van der Waals surface area contributed by atoms with Crippen molar-refractivity contribution in [3.63, 3.8) is 0 Å². The van der Waals surface area contributed by atoms with E-state index in [0.29, 0.717) is 6.54 Å². The molecule has 2 aliphatic rings. The van der Waals surface area contributed by atoms with Crippen molar-refractivity contribution in [3.8, 4) is 0 Å². The van der Waals surface area contributed by atoms with Gasteiger partial charge in [0.05, 0.1) is 26.2 Å². The van der Waals surface area contributed by atoms with E-state index >= 15 is 0 Å². The summed E-state index contributed by atoms with van der Waals surface area (Å²) in [6.07, 6.45) is 5.23. The van der Waals surface area contributed by atoms with E-state index in [9.17, 15) is 4.79 Å². The lowest BCUT2D eigenvalue weighted by Crippen LogP contribution is -3.15. The molecule has 5 nitrogen and oxygen atoms in total. The Labute approximate surface area is 174 Å². The Morgan fingerprint density at radius 1 is 0.759 bits per heavy atom. The maximum Gasteiger partial charge on any atom is 0.279 e. The number of hydrogen-bond donors (Lipinski definition) is 2. The molecule has 2 aliphatic heterocycles. The van der Waals surface area contributed by atoms with E-state index in [1.165, 1.54) is 42.0 Å². The predicted molar refractivity (Wildman–Crippen MR) is 120 cm³/mol. The second kappa shape index (κ2) is 9.79. The smallest absolute Gasteiger partial charge is 0.279 e. The molecule has 154 valence electrons. The minimum absolute atomic E-state index is 0.107. The number of nitrogens with one attached hydrogen (secondary N) is 2. The molecule has 0 saturated carbocycles. The molecule has 5 heteroatoms. The highest BCUT2D eigenvalue weighted by Gasteiger charge is 2.22. The van der Waals surface area contributed by atoms with Crippen molar-refractivity contribution >= 4 is 23.0 Å². The van der Waals surface area contributed by atoms with Crippen molar-refractivity contribution in [1.82, 2.24) is 0 Å². The Balaban J connectivity index is 1.23. The monoisotopic (exact) mass is 393 g/mol. The molecule has 2 N–H and O–H groups in total. The van der Waals surface area contributed by atoms with Crippen LogP contribution in [0, 0.1) is 0 Å². The first-order valence-corrected chi connectivity index (χ1v) is 11.1. The van der Waals surface area contributed by atoms with E-state index in [0.717, 1.165) is 45.0 Å². The van der Waals surface area contributed by atoms with Gasteiger partial charge in [-0.15, -0.1) is 0 Å². The summed E-state index contributed by atoms with van der Waals surface area (Å²) in [7, 11) is 0. The van der Waals surface area contributed by atoms with Crippen molar-refractivity contribution in [1.29, 1.82) is 0 Å². The molecular weight excluding hydrogens is 360 g/mol. The van der Waals surface area contributed by atoms with Crippen LogP contribution in [0.1, 0.15) is 25.7 Å². The zero-order valence-electron chi connectivity index (χ0n) is 17.3. The molecule has 0 bridgehead atoms. The van der Waals surface area contributed by atoms with Crippen LogP contribution in [0.3, 0.4) is 0 Å². The van der Waals surface area contributed by atoms with Gasteiger partial charge in [0, 0.05) is 30.2 Å². The number of rotatable bonds is 5. The van der Waals surface area contributed by atoms with Crippen LogP contribution in [0.15, 0.2) is 54.6 Å². The van der Waals surface area contributed by atoms with Crippen molar-refractivity contribution in [2.75, 3.05) is 60.9 Å². The highest BCUT2D eigenvalue weighted by atomic mass is 16.2. The lowest BCUT2D eigenvalue weighted by atomic mass is 10.2. The van der Waals surface area contributed by atoms with Crippen molar-refractivity contribution in [3.05, 3.63) is 54.6 Å².